The summed E-state index contributed by atoms with van der Waals surface area (Å²) < 4.78 is 0. The molecule has 1 heterocycles. The lowest BCUT2D eigenvalue weighted by molar-refractivity contribution is -0.137. The fraction of sp³-hybridized carbons (Fsp3) is 0.857. The summed E-state index contributed by atoms with van der Waals surface area (Å²) in [5, 5.41) is 21.4. The second-order valence-corrected chi connectivity index (χ2v) is 6.67. The number of nitrogens with one attached hydrogen (secondary N) is 1. The predicted molar refractivity (Wildman–Crippen MR) is 79.2 cm³/mol. The molecular weight excluding hydrogens is 274 g/mol. The number of carboxylic acids is 1. The Balaban J connectivity index is 2.61. The molecule has 2 amide bonds. The first-order chi connectivity index (χ1) is 9.60. The van der Waals surface area contributed by atoms with Gasteiger partial charge in [0, 0.05) is 31.1 Å². The van der Waals surface area contributed by atoms with E-state index >= 15 is 0 Å². The van der Waals surface area contributed by atoms with Crippen molar-refractivity contribution in [1.82, 2.24) is 15.1 Å². The highest BCUT2D eigenvalue weighted by Crippen LogP contribution is 2.20. The second kappa shape index (κ2) is 7.09. The van der Waals surface area contributed by atoms with E-state index in [1.54, 1.807) is 18.7 Å². The highest BCUT2D eigenvalue weighted by molar-refractivity contribution is 5.76. The van der Waals surface area contributed by atoms with Crippen molar-refractivity contribution in [2.24, 2.45) is 0 Å². The van der Waals surface area contributed by atoms with E-state index in [1.807, 2.05) is 19.0 Å². The molecule has 0 bridgehead atoms. The van der Waals surface area contributed by atoms with E-state index in [-0.39, 0.29) is 18.5 Å². The number of hydrogen-bond donors (Lipinski definition) is 3. The minimum atomic E-state index is -0.876. The van der Waals surface area contributed by atoms with Crippen LogP contribution in [-0.2, 0) is 4.79 Å². The Labute approximate surface area is 125 Å². The molecule has 0 aromatic heterocycles. The first-order valence-corrected chi connectivity index (χ1v) is 7.24. The highest BCUT2D eigenvalue weighted by atomic mass is 16.4. The van der Waals surface area contributed by atoms with Gasteiger partial charge in [-0.3, -0.25) is 4.79 Å². The van der Waals surface area contributed by atoms with Gasteiger partial charge in [0.25, 0.3) is 0 Å². The molecule has 21 heavy (non-hydrogen) atoms. The number of urea groups is 1. The van der Waals surface area contributed by atoms with E-state index < -0.39 is 17.6 Å². The number of nitrogens with zero attached hydrogens (tertiary/aromatic N) is 2. The lowest BCUT2D eigenvalue weighted by Gasteiger charge is -2.32. The van der Waals surface area contributed by atoms with Crippen molar-refractivity contribution in [2.45, 2.75) is 50.8 Å². The van der Waals surface area contributed by atoms with E-state index in [0.29, 0.717) is 25.9 Å². The predicted octanol–water partition coefficient (Wildman–Crippen LogP) is 0.336. The summed E-state index contributed by atoms with van der Waals surface area (Å²) in [5.41, 5.74) is -0.592. The van der Waals surface area contributed by atoms with Gasteiger partial charge in [0.2, 0.25) is 0 Å². The Morgan fingerprint density at radius 2 is 2.00 bits per heavy atom. The number of β-amino-alcohol motifs (C(OH)–C–C–N with tert-alkyl or cyclic N) is 1. The molecule has 3 N–H and O–H groups in total. The quantitative estimate of drug-likeness (QED) is 0.658. The number of carboxylic acid groups (broad SMARTS) is 1. The number of carbonyl (C=O) groups is 2. The molecule has 0 spiro atoms. The fourth-order valence-electron chi connectivity index (χ4n) is 2.58. The standard InChI is InChI=1S/C14H27N3O4/c1-14(2,6-5-12(19)20)15-13(21)17-9-11(18)7-10(17)8-16(3)4/h10-11,18H,5-9H2,1-4H3,(H,15,21)(H,19,20). The van der Waals surface area contributed by atoms with E-state index in [9.17, 15) is 14.7 Å². The number of likely N-dealkylation sites (N-methyl/N-ethyl adjacent to an activating group) is 1. The molecule has 0 saturated carbocycles. The van der Waals surface area contributed by atoms with Crippen molar-refractivity contribution in [3.63, 3.8) is 0 Å². The molecule has 7 heteroatoms. The zero-order valence-electron chi connectivity index (χ0n) is 13.3. The van der Waals surface area contributed by atoms with Crippen LogP contribution in [0.5, 0.6) is 0 Å². The van der Waals surface area contributed by atoms with Crippen molar-refractivity contribution >= 4 is 12.0 Å². The first-order valence-electron chi connectivity index (χ1n) is 7.24. The molecule has 2 unspecified atom stereocenters. The largest absolute Gasteiger partial charge is 0.481 e. The van der Waals surface area contributed by atoms with Crippen molar-refractivity contribution in [2.75, 3.05) is 27.2 Å². The van der Waals surface area contributed by atoms with Crippen molar-refractivity contribution < 1.29 is 19.8 Å². The van der Waals surface area contributed by atoms with Crippen molar-refractivity contribution in [3.05, 3.63) is 0 Å². The minimum Gasteiger partial charge on any atom is -0.481 e. The number of hydrogen-bond acceptors (Lipinski definition) is 4. The molecular formula is C14H27N3O4. The van der Waals surface area contributed by atoms with E-state index in [2.05, 4.69) is 5.32 Å². The smallest absolute Gasteiger partial charge is 0.318 e. The lowest BCUT2D eigenvalue weighted by atomic mass is 9.99. The molecule has 0 radical (unpaired) electrons. The third kappa shape index (κ3) is 5.89. The van der Waals surface area contributed by atoms with E-state index in [1.165, 1.54) is 0 Å². The average molecular weight is 301 g/mol. The number of carbonyl (C=O) groups excluding carboxylic acids is 1. The molecule has 122 valence electrons. The number of aliphatic hydroxyl groups excluding tert-OH is 1. The van der Waals surface area contributed by atoms with Crippen LogP contribution in [0, 0.1) is 0 Å². The number of aliphatic hydroxyl groups is 1. The first kappa shape index (κ1) is 17.7. The molecule has 1 saturated heterocycles. The van der Waals surface area contributed by atoms with Crippen molar-refractivity contribution in [3.8, 4) is 0 Å². The van der Waals surface area contributed by atoms with Gasteiger partial charge in [-0.2, -0.15) is 0 Å². The van der Waals surface area contributed by atoms with Gasteiger partial charge in [-0.25, -0.2) is 4.79 Å². The molecule has 1 aliphatic rings. The van der Waals surface area contributed by atoms with Gasteiger partial charge in [0.15, 0.2) is 0 Å². The van der Waals surface area contributed by atoms with Crippen LogP contribution in [-0.4, -0.2) is 76.9 Å². The summed E-state index contributed by atoms with van der Waals surface area (Å²) in [4.78, 5) is 26.7. The molecule has 7 nitrogen and oxygen atoms in total. The van der Waals surface area contributed by atoms with Gasteiger partial charge in [-0.15, -0.1) is 0 Å². The number of likely N-dealkylation sites (tertiary alicyclic amines) is 1. The summed E-state index contributed by atoms with van der Waals surface area (Å²) in [5.74, 6) is -0.876. The normalized spacial score (nSPS) is 22.7. The summed E-state index contributed by atoms with van der Waals surface area (Å²) in [6, 6.07) is -0.265. The maximum atomic E-state index is 12.4. The summed E-state index contributed by atoms with van der Waals surface area (Å²) in [6.07, 6.45) is 0.448. The second-order valence-electron chi connectivity index (χ2n) is 6.67. The Morgan fingerprint density at radius 3 is 2.52 bits per heavy atom. The number of rotatable bonds is 6. The molecule has 0 aliphatic carbocycles. The third-order valence-electron chi connectivity index (χ3n) is 3.64. The Hall–Kier alpha value is -1.34. The zero-order valence-corrected chi connectivity index (χ0v) is 13.3. The van der Waals surface area contributed by atoms with Gasteiger partial charge in [-0.05, 0) is 40.8 Å². The van der Waals surface area contributed by atoms with Crippen LogP contribution in [0.15, 0.2) is 0 Å². The Morgan fingerprint density at radius 1 is 1.38 bits per heavy atom. The highest BCUT2D eigenvalue weighted by Gasteiger charge is 2.36. The molecule has 1 aliphatic heterocycles. The van der Waals surface area contributed by atoms with Crippen LogP contribution in [0.4, 0.5) is 4.79 Å². The maximum Gasteiger partial charge on any atom is 0.318 e. The average Bonchev–Trinajstić information content (AvgIpc) is 2.66. The Bertz CT molecular complexity index is 384. The SMILES string of the molecule is CN(C)CC1CC(O)CN1C(=O)NC(C)(C)CCC(=O)O. The van der Waals surface area contributed by atoms with E-state index in [4.69, 9.17) is 5.11 Å². The lowest BCUT2D eigenvalue weighted by Crippen LogP contribution is -2.53. The van der Waals surface area contributed by atoms with Gasteiger partial charge in [0.1, 0.15) is 0 Å². The number of amides is 2. The van der Waals surface area contributed by atoms with Crippen LogP contribution in [0.3, 0.4) is 0 Å². The fourth-order valence-corrected chi connectivity index (χ4v) is 2.58. The third-order valence-corrected chi connectivity index (χ3v) is 3.64. The zero-order chi connectivity index (χ0) is 16.2. The topological polar surface area (TPSA) is 93.1 Å². The van der Waals surface area contributed by atoms with Gasteiger partial charge in [0.05, 0.1) is 6.10 Å². The summed E-state index contributed by atoms with van der Waals surface area (Å²) >= 11 is 0. The molecule has 2 atom stereocenters. The van der Waals surface area contributed by atoms with Crippen LogP contribution in [0.2, 0.25) is 0 Å². The Kier molecular flexibility index (Phi) is 5.98. The molecule has 0 aromatic carbocycles. The van der Waals surface area contributed by atoms with Crippen LogP contribution >= 0.6 is 0 Å². The van der Waals surface area contributed by atoms with Gasteiger partial charge >= 0.3 is 12.0 Å². The van der Waals surface area contributed by atoms with Crippen molar-refractivity contribution in [1.29, 1.82) is 0 Å². The van der Waals surface area contributed by atoms with Gasteiger partial charge < -0.3 is 25.3 Å². The molecule has 1 rings (SSSR count). The molecule has 0 aromatic rings. The van der Waals surface area contributed by atoms with Crippen LogP contribution < -0.4 is 5.32 Å². The van der Waals surface area contributed by atoms with Crippen LogP contribution in [0.25, 0.3) is 0 Å². The van der Waals surface area contributed by atoms with Gasteiger partial charge in [-0.1, -0.05) is 0 Å². The minimum absolute atomic E-state index is 0.0109. The maximum absolute atomic E-state index is 12.4. The van der Waals surface area contributed by atoms with Crippen LogP contribution in [0.1, 0.15) is 33.1 Å². The monoisotopic (exact) mass is 301 g/mol. The van der Waals surface area contributed by atoms with E-state index in [0.717, 1.165) is 0 Å². The summed E-state index contributed by atoms with van der Waals surface area (Å²) in [6.45, 7) is 4.63. The number of aliphatic carboxylic acids is 1. The summed E-state index contributed by atoms with van der Waals surface area (Å²) in [7, 11) is 3.86. The molecule has 1 fully saturated rings.